The summed E-state index contributed by atoms with van der Waals surface area (Å²) in [5, 5.41) is 14.9. The van der Waals surface area contributed by atoms with Crippen molar-refractivity contribution >= 4 is 27.6 Å². The molecule has 25 heavy (non-hydrogen) atoms. The number of hydrogen-bond acceptors (Lipinski definition) is 7. The third-order valence-corrected chi connectivity index (χ3v) is 5.51. The highest BCUT2D eigenvalue weighted by molar-refractivity contribution is 7.89. The fourth-order valence-corrected chi connectivity index (χ4v) is 3.78. The van der Waals surface area contributed by atoms with E-state index < -0.39 is 14.9 Å². The number of rotatable bonds is 8. The lowest BCUT2D eigenvalue weighted by Crippen LogP contribution is -2.31. The van der Waals surface area contributed by atoms with E-state index in [4.69, 9.17) is 4.42 Å². The predicted octanol–water partition coefficient (Wildman–Crippen LogP) is 2.66. The van der Waals surface area contributed by atoms with Crippen LogP contribution in [-0.4, -0.2) is 37.0 Å². The number of hydrogen-bond donors (Lipinski definition) is 1. The molecule has 0 aliphatic rings. The van der Waals surface area contributed by atoms with Gasteiger partial charge in [0.15, 0.2) is 0 Å². The van der Waals surface area contributed by atoms with Gasteiger partial charge in [-0.1, -0.05) is 13.8 Å². The molecule has 0 saturated carbocycles. The standard InChI is InChI=1S/C15H18N4O5S/c1-3-18(4-2)25(22,23)15-10-12(19(20)21)7-8-14(15)17-16-11-13-6-5-9-24-13/h5-11,17H,3-4H2,1-2H3/b16-11+. The second-order valence-corrected chi connectivity index (χ2v) is 6.82. The van der Waals surface area contributed by atoms with Crippen molar-refractivity contribution in [2.45, 2.75) is 18.7 Å². The minimum atomic E-state index is -3.90. The first-order valence-electron chi connectivity index (χ1n) is 7.51. The number of anilines is 1. The van der Waals surface area contributed by atoms with Crippen LogP contribution in [0.4, 0.5) is 11.4 Å². The van der Waals surface area contributed by atoms with Crippen LogP contribution < -0.4 is 5.43 Å². The smallest absolute Gasteiger partial charge is 0.270 e. The number of nitrogens with zero attached hydrogens (tertiary/aromatic N) is 3. The number of nitro groups is 1. The molecular formula is C15H18N4O5S. The van der Waals surface area contributed by atoms with Gasteiger partial charge in [-0.2, -0.15) is 9.41 Å². The summed E-state index contributed by atoms with van der Waals surface area (Å²) in [6, 6.07) is 6.91. The van der Waals surface area contributed by atoms with Crippen LogP contribution in [0.25, 0.3) is 0 Å². The van der Waals surface area contributed by atoms with Gasteiger partial charge in [-0.05, 0) is 18.2 Å². The van der Waals surface area contributed by atoms with Gasteiger partial charge in [-0.15, -0.1) is 0 Å². The quantitative estimate of drug-likeness (QED) is 0.436. The van der Waals surface area contributed by atoms with E-state index >= 15 is 0 Å². The average molecular weight is 366 g/mol. The van der Waals surface area contributed by atoms with Crippen molar-refractivity contribution in [3.63, 3.8) is 0 Å². The number of nitro benzene ring substituents is 1. The molecule has 0 aliphatic carbocycles. The largest absolute Gasteiger partial charge is 0.463 e. The van der Waals surface area contributed by atoms with Gasteiger partial charge in [-0.25, -0.2) is 8.42 Å². The van der Waals surface area contributed by atoms with Crippen molar-refractivity contribution in [2.75, 3.05) is 18.5 Å². The van der Waals surface area contributed by atoms with E-state index in [2.05, 4.69) is 10.5 Å². The van der Waals surface area contributed by atoms with Crippen molar-refractivity contribution in [1.29, 1.82) is 0 Å². The predicted molar refractivity (Wildman–Crippen MR) is 93.1 cm³/mol. The fourth-order valence-electron chi connectivity index (χ4n) is 2.16. The van der Waals surface area contributed by atoms with E-state index in [0.717, 1.165) is 6.07 Å². The molecule has 0 saturated heterocycles. The molecule has 0 fully saturated rings. The summed E-state index contributed by atoms with van der Waals surface area (Å²) in [5.41, 5.74) is 2.43. The Morgan fingerprint density at radius 1 is 1.32 bits per heavy atom. The zero-order chi connectivity index (χ0) is 18.4. The van der Waals surface area contributed by atoms with Gasteiger partial charge in [0.05, 0.1) is 23.1 Å². The van der Waals surface area contributed by atoms with Crippen LogP contribution in [0.1, 0.15) is 19.6 Å². The summed E-state index contributed by atoms with van der Waals surface area (Å²) in [6.45, 7) is 3.88. The van der Waals surface area contributed by atoms with E-state index in [-0.39, 0.29) is 29.4 Å². The first-order chi connectivity index (χ1) is 11.9. The van der Waals surface area contributed by atoms with Crippen LogP contribution in [-0.2, 0) is 10.0 Å². The van der Waals surface area contributed by atoms with E-state index in [1.165, 1.54) is 28.9 Å². The normalized spacial score (nSPS) is 12.0. The number of furan rings is 1. The Morgan fingerprint density at radius 3 is 2.60 bits per heavy atom. The lowest BCUT2D eigenvalue weighted by atomic mass is 10.3. The van der Waals surface area contributed by atoms with E-state index in [1.54, 1.807) is 26.0 Å². The topological polar surface area (TPSA) is 118 Å². The second-order valence-electron chi connectivity index (χ2n) is 4.91. The van der Waals surface area contributed by atoms with Crippen LogP contribution >= 0.6 is 0 Å². The lowest BCUT2D eigenvalue weighted by Gasteiger charge is -2.20. The summed E-state index contributed by atoms with van der Waals surface area (Å²) in [5.74, 6) is 0.475. The molecule has 0 spiro atoms. The van der Waals surface area contributed by atoms with Crippen molar-refractivity contribution < 1.29 is 17.8 Å². The molecule has 2 rings (SSSR count). The third kappa shape index (κ3) is 4.22. The fraction of sp³-hybridized carbons (Fsp3) is 0.267. The Bertz CT molecular complexity index is 858. The number of benzene rings is 1. The minimum absolute atomic E-state index is 0.139. The molecule has 1 aromatic carbocycles. The minimum Gasteiger partial charge on any atom is -0.463 e. The molecular weight excluding hydrogens is 348 g/mol. The van der Waals surface area contributed by atoms with Crippen LogP contribution in [0.2, 0.25) is 0 Å². The maximum absolute atomic E-state index is 12.8. The van der Waals surface area contributed by atoms with Gasteiger partial charge in [0, 0.05) is 25.2 Å². The van der Waals surface area contributed by atoms with Gasteiger partial charge >= 0.3 is 0 Å². The first-order valence-corrected chi connectivity index (χ1v) is 8.95. The zero-order valence-corrected chi connectivity index (χ0v) is 14.6. The number of hydrazone groups is 1. The molecule has 2 aromatic rings. The van der Waals surface area contributed by atoms with Gasteiger partial charge in [0.1, 0.15) is 10.7 Å². The SMILES string of the molecule is CCN(CC)S(=O)(=O)c1cc([N+](=O)[O-])ccc1N/N=C/c1ccco1. The van der Waals surface area contributed by atoms with Crippen molar-refractivity contribution in [2.24, 2.45) is 5.10 Å². The summed E-state index contributed by atoms with van der Waals surface area (Å²) < 4.78 is 31.9. The van der Waals surface area contributed by atoms with Gasteiger partial charge < -0.3 is 4.42 Å². The molecule has 0 radical (unpaired) electrons. The Morgan fingerprint density at radius 2 is 2.04 bits per heavy atom. The maximum Gasteiger partial charge on any atom is 0.270 e. The highest BCUT2D eigenvalue weighted by Crippen LogP contribution is 2.29. The van der Waals surface area contributed by atoms with E-state index in [1.807, 2.05) is 0 Å². The van der Waals surface area contributed by atoms with Crippen molar-refractivity contribution in [1.82, 2.24) is 4.31 Å². The molecule has 1 N–H and O–H groups in total. The van der Waals surface area contributed by atoms with Gasteiger partial charge in [0.2, 0.25) is 10.0 Å². The monoisotopic (exact) mass is 366 g/mol. The third-order valence-electron chi connectivity index (χ3n) is 3.42. The summed E-state index contributed by atoms with van der Waals surface area (Å²) >= 11 is 0. The van der Waals surface area contributed by atoms with E-state index in [9.17, 15) is 18.5 Å². The molecule has 0 aliphatic heterocycles. The number of sulfonamides is 1. The molecule has 134 valence electrons. The summed E-state index contributed by atoms with van der Waals surface area (Å²) in [4.78, 5) is 10.2. The highest BCUT2D eigenvalue weighted by Gasteiger charge is 2.27. The first kappa shape index (κ1) is 18.6. The van der Waals surface area contributed by atoms with Crippen LogP contribution in [0.3, 0.4) is 0 Å². The lowest BCUT2D eigenvalue weighted by molar-refractivity contribution is -0.385. The molecule has 0 unspecified atom stereocenters. The summed E-state index contributed by atoms with van der Waals surface area (Å²) in [7, 11) is -3.90. The average Bonchev–Trinajstić information content (AvgIpc) is 3.09. The molecule has 0 bridgehead atoms. The van der Waals surface area contributed by atoms with Gasteiger partial charge in [-0.3, -0.25) is 15.5 Å². The molecule has 0 atom stereocenters. The maximum atomic E-state index is 12.8. The molecule has 10 heteroatoms. The highest BCUT2D eigenvalue weighted by atomic mass is 32.2. The van der Waals surface area contributed by atoms with E-state index in [0.29, 0.717) is 5.76 Å². The molecule has 1 aromatic heterocycles. The van der Waals surface area contributed by atoms with Crippen molar-refractivity contribution in [3.8, 4) is 0 Å². The van der Waals surface area contributed by atoms with Crippen LogP contribution in [0, 0.1) is 10.1 Å². The Labute approximate surface area is 145 Å². The number of nitrogens with one attached hydrogen (secondary N) is 1. The zero-order valence-electron chi connectivity index (χ0n) is 13.7. The second kappa shape index (κ2) is 7.90. The Balaban J connectivity index is 2.43. The van der Waals surface area contributed by atoms with Crippen LogP contribution in [0.5, 0.6) is 0 Å². The number of non-ortho nitro benzene ring substituents is 1. The molecule has 1 heterocycles. The van der Waals surface area contributed by atoms with Crippen LogP contribution in [0.15, 0.2) is 51.0 Å². The molecule has 0 amide bonds. The molecule has 9 nitrogen and oxygen atoms in total. The van der Waals surface area contributed by atoms with Crippen molar-refractivity contribution in [3.05, 3.63) is 52.5 Å². The Kier molecular flexibility index (Phi) is 5.88. The summed E-state index contributed by atoms with van der Waals surface area (Å²) in [6.07, 6.45) is 2.85. The Hall–Kier alpha value is -2.72. The van der Waals surface area contributed by atoms with Gasteiger partial charge in [0.25, 0.3) is 5.69 Å².